The van der Waals surface area contributed by atoms with Crippen molar-refractivity contribution in [1.29, 1.82) is 0 Å². The van der Waals surface area contributed by atoms with Gasteiger partial charge in [-0.2, -0.15) is 5.10 Å². The van der Waals surface area contributed by atoms with Crippen molar-refractivity contribution < 1.29 is 19.1 Å². The first-order valence-corrected chi connectivity index (χ1v) is 11.7. The molecule has 4 rings (SSSR count). The molecule has 0 spiro atoms. The van der Waals surface area contributed by atoms with Gasteiger partial charge in [0.15, 0.2) is 11.5 Å². The molecule has 0 radical (unpaired) electrons. The summed E-state index contributed by atoms with van der Waals surface area (Å²) in [5.41, 5.74) is 3.77. The summed E-state index contributed by atoms with van der Waals surface area (Å²) in [6.07, 6.45) is 2.47. The molecule has 34 heavy (non-hydrogen) atoms. The van der Waals surface area contributed by atoms with E-state index in [1.54, 1.807) is 32.5 Å². The van der Waals surface area contributed by atoms with Crippen molar-refractivity contribution in [2.24, 2.45) is 5.10 Å². The molecule has 0 bridgehead atoms. The van der Waals surface area contributed by atoms with Crippen LogP contribution in [0.15, 0.2) is 65.9 Å². The van der Waals surface area contributed by atoms with Crippen LogP contribution in [-0.2, 0) is 6.54 Å². The van der Waals surface area contributed by atoms with E-state index < -0.39 is 0 Å². The predicted molar refractivity (Wildman–Crippen MR) is 134 cm³/mol. The molecule has 0 saturated heterocycles. The summed E-state index contributed by atoms with van der Waals surface area (Å²) >= 11 is 1.27. The van der Waals surface area contributed by atoms with E-state index in [0.717, 1.165) is 23.3 Å². The van der Waals surface area contributed by atoms with Gasteiger partial charge in [0.25, 0.3) is 5.91 Å². The lowest BCUT2D eigenvalue weighted by Gasteiger charge is -2.28. The number of H-pyrrole nitrogens is 1. The molecule has 1 atom stereocenters. The number of nitrogens with one attached hydrogen (secondary N) is 2. The molecule has 1 aromatic heterocycles. The molecule has 0 fully saturated rings. The highest BCUT2D eigenvalue weighted by atomic mass is 32.2. The number of benzene rings is 2. The van der Waals surface area contributed by atoms with Crippen molar-refractivity contribution in [3.63, 3.8) is 0 Å². The van der Waals surface area contributed by atoms with Gasteiger partial charge >= 0.3 is 5.24 Å². The second-order valence-corrected chi connectivity index (χ2v) is 8.78. The minimum absolute atomic E-state index is 0.0487. The Bertz CT molecular complexity index is 1190. The molecule has 2 amide bonds. The lowest BCUT2D eigenvalue weighted by atomic mass is 10.0. The summed E-state index contributed by atoms with van der Waals surface area (Å²) in [7, 11) is 3.19. The maximum atomic E-state index is 12.8. The third-order valence-corrected chi connectivity index (χ3v) is 6.68. The maximum absolute atomic E-state index is 12.8. The van der Waals surface area contributed by atoms with Gasteiger partial charge in [-0.15, -0.1) is 0 Å². The monoisotopic (exact) mass is 478 g/mol. The van der Waals surface area contributed by atoms with Gasteiger partial charge in [0, 0.05) is 17.4 Å². The van der Waals surface area contributed by atoms with Crippen LogP contribution in [0.1, 0.15) is 35.0 Å². The number of methoxy groups -OCH3 is 2. The quantitative estimate of drug-likeness (QED) is 0.468. The Morgan fingerprint density at radius 1 is 1.12 bits per heavy atom. The molecule has 1 unspecified atom stereocenters. The molecule has 2 N–H and O–H groups in total. The minimum atomic E-state index is -0.213. The molecule has 0 saturated carbocycles. The van der Waals surface area contributed by atoms with Crippen LogP contribution < -0.4 is 14.8 Å². The fourth-order valence-electron chi connectivity index (χ4n) is 3.63. The van der Waals surface area contributed by atoms with Crippen LogP contribution in [0.3, 0.4) is 0 Å². The normalized spacial score (nSPS) is 15.6. The van der Waals surface area contributed by atoms with Crippen LogP contribution in [0, 0.1) is 0 Å². The number of nitrogens with zero attached hydrogens (tertiary/aromatic N) is 2. The summed E-state index contributed by atoms with van der Waals surface area (Å²) in [6, 6.07) is 16.5. The number of ether oxygens (including phenoxy) is 2. The van der Waals surface area contributed by atoms with Crippen molar-refractivity contribution in [1.82, 2.24) is 9.99 Å². The van der Waals surface area contributed by atoms with Crippen molar-refractivity contribution in [3.8, 4) is 11.5 Å². The highest BCUT2D eigenvalue weighted by molar-refractivity contribution is 8.14. The van der Waals surface area contributed by atoms with Gasteiger partial charge in [-0.05, 0) is 54.4 Å². The molecule has 9 heteroatoms. The Kier molecular flexibility index (Phi) is 7.22. The van der Waals surface area contributed by atoms with Gasteiger partial charge in [-0.25, -0.2) is 5.01 Å². The second kappa shape index (κ2) is 10.5. The van der Waals surface area contributed by atoms with Gasteiger partial charge in [-0.1, -0.05) is 30.8 Å². The highest BCUT2D eigenvalue weighted by Gasteiger charge is 2.30. The zero-order chi connectivity index (χ0) is 24.1. The molecule has 1 aliphatic heterocycles. The van der Waals surface area contributed by atoms with Crippen molar-refractivity contribution in [2.75, 3.05) is 19.5 Å². The number of hydrogen-bond acceptors (Lipinski definition) is 6. The number of hydrazone groups is 1. The first kappa shape index (κ1) is 23.4. The zero-order valence-corrected chi connectivity index (χ0v) is 20.0. The predicted octanol–water partition coefficient (Wildman–Crippen LogP) is 5.14. The van der Waals surface area contributed by atoms with Crippen molar-refractivity contribution >= 4 is 34.3 Å². The van der Waals surface area contributed by atoms with E-state index in [0.29, 0.717) is 29.4 Å². The highest BCUT2D eigenvalue weighted by Crippen LogP contribution is 2.33. The molecule has 2 heterocycles. The molecular weight excluding hydrogens is 452 g/mol. The van der Waals surface area contributed by atoms with Crippen LogP contribution >= 0.6 is 11.8 Å². The number of amides is 2. The largest absolute Gasteiger partial charge is 0.493 e. The standard InChI is InChI=1S/C25H26N4O4S/c1-4-22-23(17-9-12-20(32-2)21(14-17)33-3)28-29(25(31)34-22)15-16-7-10-18(11-8-16)27-24(30)19-6-5-13-26-19/h5-14,22,26H,4,15H2,1-3H3,(H,27,30). The SMILES string of the molecule is CCC1SC(=O)N(Cc2ccc(NC(=O)c3ccc[nH]3)cc2)N=C1c1ccc(OC)c(OC)c1. The van der Waals surface area contributed by atoms with E-state index >= 15 is 0 Å². The van der Waals surface area contributed by atoms with Crippen LogP contribution in [0.4, 0.5) is 10.5 Å². The van der Waals surface area contributed by atoms with Crippen LogP contribution in [0.25, 0.3) is 0 Å². The maximum Gasteiger partial charge on any atom is 0.302 e. The van der Waals surface area contributed by atoms with Crippen LogP contribution in [0.5, 0.6) is 11.5 Å². The Morgan fingerprint density at radius 3 is 2.53 bits per heavy atom. The molecule has 8 nitrogen and oxygen atoms in total. The molecule has 1 aliphatic rings. The zero-order valence-electron chi connectivity index (χ0n) is 19.2. The summed E-state index contributed by atoms with van der Waals surface area (Å²) in [5, 5.41) is 8.90. The van der Waals surface area contributed by atoms with E-state index in [4.69, 9.17) is 14.6 Å². The number of aromatic nitrogens is 1. The van der Waals surface area contributed by atoms with Crippen molar-refractivity contribution in [2.45, 2.75) is 25.1 Å². The lowest BCUT2D eigenvalue weighted by molar-refractivity contribution is 0.102. The number of hydrogen-bond donors (Lipinski definition) is 2. The van der Waals surface area contributed by atoms with Gasteiger partial charge < -0.3 is 19.8 Å². The molecule has 0 aliphatic carbocycles. The summed E-state index contributed by atoms with van der Waals surface area (Å²) in [4.78, 5) is 27.9. The Morgan fingerprint density at radius 2 is 1.88 bits per heavy atom. The second-order valence-electron chi connectivity index (χ2n) is 7.63. The third kappa shape index (κ3) is 5.09. The van der Waals surface area contributed by atoms with E-state index in [9.17, 15) is 9.59 Å². The Balaban J connectivity index is 1.53. The first-order chi connectivity index (χ1) is 16.5. The van der Waals surface area contributed by atoms with Gasteiger partial charge in [0.2, 0.25) is 0 Å². The summed E-state index contributed by atoms with van der Waals surface area (Å²) in [6.45, 7) is 2.36. The minimum Gasteiger partial charge on any atom is -0.493 e. The fourth-order valence-corrected chi connectivity index (χ4v) is 4.56. The first-order valence-electron chi connectivity index (χ1n) is 10.8. The number of rotatable bonds is 8. The fraction of sp³-hybridized carbons (Fsp3) is 0.240. The smallest absolute Gasteiger partial charge is 0.302 e. The average Bonchev–Trinajstić information content (AvgIpc) is 3.41. The van der Waals surface area contributed by atoms with Gasteiger partial charge in [-0.3, -0.25) is 9.59 Å². The van der Waals surface area contributed by atoms with Gasteiger partial charge in [0.1, 0.15) is 5.69 Å². The summed E-state index contributed by atoms with van der Waals surface area (Å²) in [5.74, 6) is 1.04. The Labute approximate surface area is 202 Å². The van der Waals surface area contributed by atoms with Crippen molar-refractivity contribution in [3.05, 3.63) is 77.6 Å². The topological polar surface area (TPSA) is 96.0 Å². The van der Waals surface area contributed by atoms with Gasteiger partial charge in [0.05, 0.1) is 31.7 Å². The number of thioether (sulfide) groups is 1. The molecule has 176 valence electrons. The number of carbonyl (C=O) groups excluding carboxylic acids is 2. The molecular formula is C25H26N4O4S. The average molecular weight is 479 g/mol. The number of anilines is 1. The summed E-state index contributed by atoms with van der Waals surface area (Å²) < 4.78 is 10.8. The third-order valence-electron chi connectivity index (χ3n) is 5.42. The molecule has 2 aromatic carbocycles. The van der Waals surface area contributed by atoms with Crippen LogP contribution in [-0.4, -0.2) is 46.3 Å². The van der Waals surface area contributed by atoms with E-state index in [2.05, 4.69) is 10.3 Å². The van der Waals surface area contributed by atoms with E-state index in [1.165, 1.54) is 16.8 Å². The molecule has 3 aromatic rings. The van der Waals surface area contributed by atoms with E-state index in [1.807, 2.05) is 49.4 Å². The Hall–Kier alpha value is -3.72. The van der Waals surface area contributed by atoms with Crippen LogP contribution in [0.2, 0.25) is 0 Å². The lowest BCUT2D eigenvalue weighted by Crippen LogP contribution is -2.34. The number of carbonyl (C=O) groups is 2. The van der Waals surface area contributed by atoms with E-state index in [-0.39, 0.29) is 16.4 Å². The number of aromatic amines is 1.